The van der Waals surface area contributed by atoms with E-state index in [0.29, 0.717) is 29.7 Å². The van der Waals surface area contributed by atoms with E-state index >= 15 is 0 Å². The fourth-order valence-electron chi connectivity index (χ4n) is 1.66. The molecule has 0 amide bonds. The number of methoxy groups -OCH3 is 1. The van der Waals surface area contributed by atoms with E-state index in [1.54, 1.807) is 13.2 Å². The highest BCUT2D eigenvalue weighted by Crippen LogP contribution is 2.36. The number of aromatic nitrogens is 4. The third kappa shape index (κ3) is 3.02. The van der Waals surface area contributed by atoms with Crippen molar-refractivity contribution in [3.05, 3.63) is 22.7 Å². The molecule has 0 atom stereocenters. The number of hydrogen-bond acceptors (Lipinski definition) is 7. The number of halogens is 1. The van der Waals surface area contributed by atoms with Gasteiger partial charge in [0.25, 0.3) is 5.95 Å². The highest BCUT2D eigenvalue weighted by atomic mass is 35.5. The third-order valence-corrected chi connectivity index (χ3v) is 2.78. The van der Waals surface area contributed by atoms with Crippen LogP contribution in [0.4, 0.5) is 5.95 Å². The summed E-state index contributed by atoms with van der Waals surface area (Å²) in [4.78, 5) is 1.28. The van der Waals surface area contributed by atoms with Gasteiger partial charge in [-0.2, -0.15) is 0 Å². The maximum Gasteiger partial charge on any atom is 0.260 e. The van der Waals surface area contributed by atoms with Gasteiger partial charge in [-0.15, -0.1) is 4.79 Å². The lowest BCUT2D eigenvalue weighted by Crippen LogP contribution is -2.18. The fourth-order valence-corrected chi connectivity index (χ4v) is 1.97. The van der Waals surface area contributed by atoms with Crippen LogP contribution in [0.15, 0.2) is 12.1 Å². The standard InChI is InChI=1S/C11H15ClN6O2/c1-3-20-9-5-7(4-8(12)10(9)19-2)6-14-18-11(13)15-16-17-18/h4-5,14H,3,6H2,1-2H3,(H2,13,15,17). The highest BCUT2D eigenvalue weighted by molar-refractivity contribution is 6.32. The van der Waals surface area contributed by atoms with Crippen LogP contribution in [0.5, 0.6) is 11.5 Å². The molecule has 108 valence electrons. The Labute approximate surface area is 120 Å². The molecule has 0 unspecified atom stereocenters. The largest absolute Gasteiger partial charge is 0.491 e. The molecule has 0 saturated heterocycles. The van der Waals surface area contributed by atoms with E-state index in [1.807, 2.05) is 13.0 Å². The normalized spacial score (nSPS) is 10.3. The summed E-state index contributed by atoms with van der Waals surface area (Å²) in [6.07, 6.45) is 0. The molecule has 2 rings (SSSR count). The van der Waals surface area contributed by atoms with Crippen molar-refractivity contribution in [2.75, 3.05) is 24.9 Å². The molecule has 1 heterocycles. The maximum absolute atomic E-state index is 6.16. The molecule has 20 heavy (non-hydrogen) atoms. The van der Waals surface area contributed by atoms with E-state index in [1.165, 1.54) is 4.79 Å². The quantitative estimate of drug-likeness (QED) is 0.822. The number of ether oxygens (including phenoxy) is 2. The van der Waals surface area contributed by atoms with Crippen LogP contribution < -0.4 is 20.6 Å². The average molecular weight is 299 g/mol. The zero-order valence-electron chi connectivity index (χ0n) is 11.1. The molecule has 0 aliphatic carbocycles. The van der Waals surface area contributed by atoms with E-state index in [-0.39, 0.29) is 5.95 Å². The summed E-state index contributed by atoms with van der Waals surface area (Å²) in [5, 5.41) is 11.1. The van der Waals surface area contributed by atoms with Crippen LogP contribution in [0, 0.1) is 0 Å². The third-order valence-electron chi connectivity index (χ3n) is 2.50. The molecule has 1 aromatic carbocycles. The van der Waals surface area contributed by atoms with Gasteiger partial charge >= 0.3 is 0 Å². The summed E-state index contributed by atoms with van der Waals surface area (Å²) in [5.41, 5.74) is 9.38. The number of nitrogens with one attached hydrogen (secondary N) is 1. The van der Waals surface area contributed by atoms with Gasteiger partial charge < -0.3 is 20.6 Å². The second kappa shape index (κ2) is 6.29. The van der Waals surface area contributed by atoms with E-state index in [4.69, 9.17) is 26.8 Å². The SMILES string of the molecule is CCOc1cc(CNn2nnnc2N)cc(Cl)c1OC. The zero-order valence-corrected chi connectivity index (χ0v) is 11.9. The molecule has 0 radical (unpaired) electrons. The minimum absolute atomic E-state index is 0.176. The predicted octanol–water partition coefficient (Wildman–Crippen LogP) is 1.06. The minimum Gasteiger partial charge on any atom is -0.491 e. The van der Waals surface area contributed by atoms with Crippen molar-refractivity contribution in [1.29, 1.82) is 0 Å². The smallest absolute Gasteiger partial charge is 0.260 e. The van der Waals surface area contributed by atoms with Gasteiger partial charge in [0, 0.05) is 0 Å². The summed E-state index contributed by atoms with van der Waals surface area (Å²) in [7, 11) is 1.55. The second-order valence-electron chi connectivity index (χ2n) is 3.83. The number of tetrazole rings is 1. The van der Waals surface area contributed by atoms with Crippen molar-refractivity contribution < 1.29 is 9.47 Å². The van der Waals surface area contributed by atoms with Gasteiger partial charge in [0.05, 0.1) is 25.3 Å². The number of hydrogen-bond donors (Lipinski definition) is 2. The van der Waals surface area contributed by atoms with Gasteiger partial charge in [-0.1, -0.05) is 16.7 Å². The summed E-state index contributed by atoms with van der Waals surface area (Å²) in [6.45, 7) is 2.84. The Kier molecular flexibility index (Phi) is 4.46. The molecule has 8 nitrogen and oxygen atoms in total. The van der Waals surface area contributed by atoms with E-state index in [9.17, 15) is 0 Å². The molecular formula is C11H15ClN6O2. The van der Waals surface area contributed by atoms with Crippen LogP contribution in [-0.2, 0) is 6.54 Å². The summed E-state index contributed by atoms with van der Waals surface area (Å²) < 4.78 is 10.7. The zero-order chi connectivity index (χ0) is 14.5. The number of nitrogens with zero attached hydrogens (tertiary/aromatic N) is 4. The Hall–Kier alpha value is -2.22. The van der Waals surface area contributed by atoms with Gasteiger partial charge in [0.2, 0.25) is 0 Å². The Morgan fingerprint density at radius 1 is 1.45 bits per heavy atom. The van der Waals surface area contributed by atoms with Crippen molar-refractivity contribution in [3.63, 3.8) is 0 Å². The minimum atomic E-state index is 0.176. The van der Waals surface area contributed by atoms with Crippen molar-refractivity contribution in [1.82, 2.24) is 20.3 Å². The molecular weight excluding hydrogens is 284 g/mol. The second-order valence-corrected chi connectivity index (χ2v) is 4.23. The molecule has 0 aliphatic heterocycles. The predicted molar refractivity (Wildman–Crippen MR) is 74.5 cm³/mol. The lowest BCUT2D eigenvalue weighted by Gasteiger charge is -2.13. The Morgan fingerprint density at radius 3 is 2.85 bits per heavy atom. The van der Waals surface area contributed by atoms with Crippen LogP contribution in [0.3, 0.4) is 0 Å². The lowest BCUT2D eigenvalue weighted by molar-refractivity contribution is 0.310. The van der Waals surface area contributed by atoms with Crippen molar-refractivity contribution in [3.8, 4) is 11.5 Å². The first-order valence-electron chi connectivity index (χ1n) is 5.92. The van der Waals surface area contributed by atoms with Crippen molar-refractivity contribution >= 4 is 17.5 Å². The van der Waals surface area contributed by atoms with Crippen LogP contribution in [-0.4, -0.2) is 34.0 Å². The van der Waals surface area contributed by atoms with E-state index in [2.05, 4.69) is 21.0 Å². The van der Waals surface area contributed by atoms with Crippen molar-refractivity contribution in [2.24, 2.45) is 0 Å². The number of benzene rings is 1. The lowest BCUT2D eigenvalue weighted by atomic mass is 10.2. The summed E-state index contributed by atoms with van der Waals surface area (Å²) in [6, 6.07) is 3.61. The first-order chi connectivity index (χ1) is 9.65. The first-order valence-corrected chi connectivity index (χ1v) is 6.30. The fraction of sp³-hybridized carbons (Fsp3) is 0.364. The number of anilines is 1. The topological polar surface area (TPSA) is 100 Å². The Balaban J connectivity index is 2.17. The highest BCUT2D eigenvalue weighted by Gasteiger charge is 2.11. The molecule has 0 fully saturated rings. The van der Waals surface area contributed by atoms with Gasteiger partial charge in [0.1, 0.15) is 0 Å². The monoisotopic (exact) mass is 298 g/mol. The molecule has 2 aromatic rings. The Bertz CT molecular complexity index is 588. The number of rotatable bonds is 6. The van der Waals surface area contributed by atoms with Crippen LogP contribution >= 0.6 is 11.6 Å². The molecule has 1 aromatic heterocycles. The molecule has 0 spiro atoms. The molecule has 0 bridgehead atoms. The molecule has 0 saturated carbocycles. The van der Waals surface area contributed by atoms with Crippen molar-refractivity contribution in [2.45, 2.75) is 13.5 Å². The van der Waals surface area contributed by atoms with E-state index in [0.717, 1.165) is 5.56 Å². The van der Waals surface area contributed by atoms with Gasteiger partial charge in [-0.25, -0.2) is 0 Å². The maximum atomic E-state index is 6.16. The van der Waals surface area contributed by atoms with Gasteiger partial charge in [-0.05, 0) is 35.0 Å². The van der Waals surface area contributed by atoms with Gasteiger partial charge in [0.15, 0.2) is 11.5 Å². The van der Waals surface area contributed by atoms with Crippen LogP contribution in [0.2, 0.25) is 5.02 Å². The molecule has 0 aliphatic rings. The van der Waals surface area contributed by atoms with E-state index < -0.39 is 0 Å². The molecule has 3 N–H and O–H groups in total. The number of nitrogens with two attached hydrogens (primary N) is 1. The van der Waals surface area contributed by atoms with Gasteiger partial charge in [-0.3, -0.25) is 0 Å². The van der Waals surface area contributed by atoms with Crippen LogP contribution in [0.25, 0.3) is 0 Å². The van der Waals surface area contributed by atoms with Crippen LogP contribution in [0.1, 0.15) is 12.5 Å². The summed E-state index contributed by atoms with van der Waals surface area (Å²) >= 11 is 6.16. The first kappa shape index (κ1) is 14.2. The number of nitrogen functional groups attached to an aromatic ring is 1. The average Bonchev–Trinajstić information content (AvgIpc) is 2.82. The molecule has 9 heteroatoms. The Morgan fingerprint density at radius 2 is 2.25 bits per heavy atom. The summed E-state index contributed by atoms with van der Waals surface area (Å²) in [5.74, 6) is 1.28.